The maximum Gasteiger partial charge on any atom is 0.148 e. The van der Waals surface area contributed by atoms with Crippen LogP contribution in [0.1, 0.15) is 0 Å². The number of benzene rings is 3. The van der Waals surface area contributed by atoms with E-state index in [0.717, 1.165) is 33.5 Å². The molecule has 144 valence electrons. The molecule has 0 atom stereocenters. The van der Waals surface area contributed by atoms with Crippen LogP contribution in [0.3, 0.4) is 0 Å². The van der Waals surface area contributed by atoms with Crippen molar-refractivity contribution in [3.05, 3.63) is 72.8 Å². The van der Waals surface area contributed by atoms with Crippen LogP contribution in [0.5, 0.6) is 11.5 Å². The van der Waals surface area contributed by atoms with Gasteiger partial charge in [0, 0.05) is 11.1 Å². The molecule has 0 unspecified atom stereocenters. The normalized spacial score (nSPS) is 10.2. The van der Waals surface area contributed by atoms with E-state index in [9.17, 15) is 0 Å². The summed E-state index contributed by atoms with van der Waals surface area (Å²) in [6.45, 7) is 0.461. The van der Waals surface area contributed by atoms with Gasteiger partial charge in [-0.3, -0.25) is 0 Å². The first-order chi connectivity index (χ1) is 14.8. The summed E-state index contributed by atoms with van der Waals surface area (Å²) in [5, 5.41) is 0. The van der Waals surface area contributed by atoms with Crippen molar-refractivity contribution in [2.45, 2.75) is 0 Å². The van der Waals surface area contributed by atoms with Crippen LogP contribution in [0.4, 0.5) is 0 Å². The number of aromatic nitrogens is 2. The third-order valence-electron chi connectivity index (χ3n) is 4.47. The number of ether oxygens (including phenoxy) is 2. The van der Waals surface area contributed by atoms with E-state index in [1.165, 1.54) is 0 Å². The van der Waals surface area contributed by atoms with Gasteiger partial charge in [-0.15, -0.1) is 12.8 Å². The largest absolute Gasteiger partial charge is 0.481 e. The molecule has 30 heavy (non-hydrogen) atoms. The van der Waals surface area contributed by atoms with E-state index in [0.29, 0.717) is 11.5 Å². The number of hydrogen-bond donors (Lipinski definition) is 0. The molecule has 4 nitrogen and oxygen atoms in total. The van der Waals surface area contributed by atoms with Crippen LogP contribution in [0.15, 0.2) is 72.8 Å². The van der Waals surface area contributed by atoms with E-state index in [4.69, 9.17) is 32.3 Å². The summed E-state index contributed by atoms with van der Waals surface area (Å²) in [7, 11) is 0. The zero-order chi connectivity index (χ0) is 20.8. The van der Waals surface area contributed by atoms with Crippen molar-refractivity contribution < 1.29 is 9.47 Å². The standard InChI is InChI=1S/C26H18N2O2/c1-3-17-29-21-13-9-19(10-14-21)25-26(28-24-8-6-5-7-23(24)27-25)20-11-15-22(16-12-20)30-18-4-2/h1-2,5-16H,17-18H2. The molecule has 4 rings (SSSR count). The number of terminal acetylenes is 2. The fourth-order valence-corrected chi connectivity index (χ4v) is 3.07. The Bertz CT molecular complexity index is 1150. The monoisotopic (exact) mass is 390 g/mol. The van der Waals surface area contributed by atoms with Gasteiger partial charge in [-0.05, 0) is 60.7 Å². The van der Waals surface area contributed by atoms with Gasteiger partial charge in [0.2, 0.25) is 0 Å². The fraction of sp³-hybridized carbons (Fsp3) is 0.0769. The molecule has 0 spiro atoms. The molecule has 4 aromatic rings. The molecule has 0 radical (unpaired) electrons. The highest BCUT2D eigenvalue weighted by Crippen LogP contribution is 2.32. The Hall–Kier alpha value is -4.28. The lowest BCUT2D eigenvalue weighted by atomic mass is 10.0. The molecule has 0 saturated carbocycles. The van der Waals surface area contributed by atoms with Gasteiger partial charge in [0.25, 0.3) is 0 Å². The number of fused-ring (bicyclic) bond motifs is 1. The molecule has 0 aliphatic heterocycles. The van der Waals surface area contributed by atoms with Gasteiger partial charge < -0.3 is 9.47 Å². The number of nitrogens with zero attached hydrogens (tertiary/aromatic N) is 2. The topological polar surface area (TPSA) is 44.2 Å². The highest BCUT2D eigenvalue weighted by atomic mass is 16.5. The fourth-order valence-electron chi connectivity index (χ4n) is 3.07. The highest BCUT2D eigenvalue weighted by Gasteiger charge is 2.13. The van der Waals surface area contributed by atoms with Crippen LogP contribution in [0.2, 0.25) is 0 Å². The van der Waals surface area contributed by atoms with Gasteiger partial charge in [0.15, 0.2) is 0 Å². The molecule has 1 heterocycles. The van der Waals surface area contributed by atoms with Crippen molar-refractivity contribution in [1.29, 1.82) is 0 Å². The molecule has 4 heteroatoms. The lowest BCUT2D eigenvalue weighted by Crippen LogP contribution is -1.97. The third-order valence-corrected chi connectivity index (χ3v) is 4.47. The molecule has 1 aromatic heterocycles. The van der Waals surface area contributed by atoms with Gasteiger partial charge >= 0.3 is 0 Å². The molecular weight excluding hydrogens is 372 g/mol. The minimum absolute atomic E-state index is 0.231. The van der Waals surface area contributed by atoms with Crippen LogP contribution < -0.4 is 9.47 Å². The van der Waals surface area contributed by atoms with Crippen LogP contribution in [-0.2, 0) is 0 Å². The average molecular weight is 390 g/mol. The first kappa shape index (κ1) is 19.1. The van der Waals surface area contributed by atoms with Gasteiger partial charge in [-0.2, -0.15) is 0 Å². The Kier molecular flexibility index (Phi) is 5.60. The summed E-state index contributed by atoms with van der Waals surface area (Å²) in [5.74, 6) is 6.35. The molecule has 0 amide bonds. The van der Waals surface area contributed by atoms with Gasteiger partial charge in [0.05, 0.1) is 22.4 Å². The minimum atomic E-state index is 0.231. The van der Waals surface area contributed by atoms with E-state index in [2.05, 4.69) is 11.8 Å². The molecule has 0 N–H and O–H groups in total. The van der Waals surface area contributed by atoms with Crippen molar-refractivity contribution in [2.75, 3.05) is 13.2 Å². The predicted molar refractivity (Wildman–Crippen MR) is 119 cm³/mol. The van der Waals surface area contributed by atoms with Crippen molar-refractivity contribution in [3.63, 3.8) is 0 Å². The Balaban J connectivity index is 1.78. The Morgan fingerprint density at radius 1 is 0.600 bits per heavy atom. The van der Waals surface area contributed by atoms with E-state index < -0.39 is 0 Å². The Labute approximate surface area is 175 Å². The summed E-state index contributed by atoms with van der Waals surface area (Å²) in [5.41, 5.74) is 5.10. The molecule has 0 saturated heterocycles. The van der Waals surface area contributed by atoms with E-state index in [1.807, 2.05) is 72.8 Å². The second-order valence-corrected chi connectivity index (χ2v) is 6.44. The van der Waals surface area contributed by atoms with Crippen LogP contribution in [0.25, 0.3) is 33.5 Å². The summed E-state index contributed by atoms with van der Waals surface area (Å²) in [4.78, 5) is 9.78. The van der Waals surface area contributed by atoms with Crippen molar-refractivity contribution in [3.8, 4) is 58.7 Å². The first-order valence-corrected chi connectivity index (χ1v) is 9.38. The van der Waals surface area contributed by atoms with Crippen LogP contribution >= 0.6 is 0 Å². The van der Waals surface area contributed by atoms with Gasteiger partial charge in [-0.25, -0.2) is 9.97 Å². The second kappa shape index (κ2) is 8.82. The maximum atomic E-state index is 5.48. The summed E-state index contributed by atoms with van der Waals surface area (Å²) in [6.07, 6.45) is 10.5. The number of rotatable bonds is 6. The molecule has 0 aliphatic carbocycles. The Morgan fingerprint density at radius 2 is 1.00 bits per heavy atom. The lowest BCUT2D eigenvalue weighted by Gasteiger charge is -2.12. The molecular formula is C26H18N2O2. The van der Waals surface area contributed by atoms with Gasteiger partial charge in [-0.1, -0.05) is 24.0 Å². The summed E-state index contributed by atoms with van der Waals surface area (Å²) >= 11 is 0. The quantitative estimate of drug-likeness (QED) is 0.435. The third kappa shape index (κ3) is 4.09. The van der Waals surface area contributed by atoms with E-state index in [1.54, 1.807) is 0 Å². The number of para-hydroxylation sites is 2. The predicted octanol–water partition coefficient (Wildman–Crippen LogP) is 4.99. The van der Waals surface area contributed by atoms with Crippen LogP contribution in [-0.4, -0.2) is 23.2 Å². The van der Waals surface area contributed by atoms with E-state index in [-0.39, 0.29) is 13.2 Å². The molecule has 0 fully saturated rings. The zero-order valence-corrected chi connectivity index (χ0v) is 16.2. The summed E-state index contributed by atoms with van der Waals surface area (Å²) < 4.78 is 11.0. The molecule has 3 aromatic carbocycles. The average Bonchev–Trinajstić information content (AvgIpc) is 2.81. The van der Waals surface area contributed by atoms with Crippen molar-refractivity contribution in [2.24, 2.45) is 0 Å². The smallest absolute Gasteiger partial charge is 0.148 e. The van der Waals surface area contributed by atoms with Crippen molar-refractivity contribution in [1.82, 2.24) is 9.97 Å². The zero-order valence-electron chi connectivity index (χ0n) is 16.2. The minimum Gasteiger partial charge on any atom is -0.481 e. The number of hydrogen-bond acceptors (Lipinski definition) is 4. The highest BCUT2D eigenvalue weighted by molar-refractivity contribution is 5.86. The lowest BCUT2D eigenvalue weighted by molar-refractivity contribution is 0.370. The molecule has 0 aliphatic rings. The van der Waals surface area contributed by atoms with Crippen LogP contribution in [0, 0.1) is 24.7 Å². The molecule has 0 bridgehead atoms. The van der Waals surface area contributed by atoms with Gasteiger partial charge in [0.1, 0.15) is 24.7 Å². The summed E-state index contributed by atoms with van der Waals surface area (Å²) in [6, 6.07) is 23.2. The maximum absolute atomic E-state index is 5.48. The van der Waals surface area contributed by atoms with Crippen molar-refractivity contribution >= 4 is 11.0 Å². The Morgan fingerprint density at radius 3 is 1.37 bits per heavy atom. The van der Waals surface area contributed by atoms with E-state index >= 15 is 0 Å². The second-order valence-electron chi connectivity index (χ2n) is 6.44. The SMILES string of the molecule is C#CCOc1ccc(-c2nc3ccccc3nc2-c2ccc(OCC#C)cc2)cc1. The first-order valence-electron chi connectivity index (χ1n) is 9.38.